The summed E-state index contributed by atoms with van der Waals surface area (Å²) in [6.45, 7) is 4.26. The Morgan fingerprint density at radius 2 is 1.89 bits per heavy atom. The molecule has 102 valence electrons. The first-order chi connectivity index (χ1) is 9.19. The predicted molar refractivity (Wildman–Crippen MR) is 77.6 cm³/mol. The van der Waals surface area contributed by atoms with Crippen LogP contribution in [0.2, 0.25) is 0 Å². The zero-order chi connectivity index (χ0) is 13.8. The maximum atomic E-state index is 5.74. The highest BCUT2D eigenvalue weighted by Crippen LogP contribution is 2.22. The van der Waals surface area contributed by atoms with Crippen LogP contribution in [0.1, 0.15) is 42.4 Å². The largest absolute Gasteiger partial charge is 0.271 e. The van der Waals surface area contributed by atoms with E-state index in [4.69, 9.17) is 5.84 Å². The van der Waals surface area contributed by atoms with Crippen LogP contribution in [0.15, 0.2) is 30.3 Å². The molecule has 0 saturated heterocycles. The number of benzene rings is 1. The molecule has 0 bridgehead atoms. The van der Waals surface area contributed by atoms with Crippen LogP contribution >= 0.6 is 0 Å². The minimum absolute atomic E-state index is 0.0243. The summed E-state index contributed by atoms with van der Waals surface area (Å²) in [4.78, 5) is 0. The lowest BCUT2D eigenvalue weighted by atomic mass is 10.0. The molecule has 0 amide bonds. The van der Waals surface area contributed by atoms with Gasteiger partial charge in [-0.15, -0.1) is 0 Å². The van der Waals surface area contributed by atoms with Crippen LogP contribution < -0.4 is 11.3 Å². The van der Waals surface area contributed by atoms with E-state index in [-0.39, 0.29) is 6.04 Å². The molecule has 0 spiro atoms. The summed E-state index contributed by atoms with van der Waals surface area (Å²) in [5, 5.41) is 4.48. The third kappa shape index (κ3) is 2.85. The van der Waals surface area contributed by atoms with Crippen molar-refractivity contribution < 1.29 is 0 Å². The Bertz CT molecular complexity index is 528. The van der Waals surface area contributed by atoms with E-state index < -0.39 is 0 Å². The molecule has 0 aliphatic rings. The predicted octanol–water partition coefficient (Wildman–Crippen LogP) is 2.10. The third-order valence-electron chi connectivity index (χ3n) is 3.51. The molecule has 1 atom stereocenters. The summed E-state index contributed by atoms with van der Waals surface area (Å²) in [5.74, 6) is 5.74. The van der Waals surface area contributed by atoms with Crippen LogP contribution in [0.3, 0.4) is 0 Å². The fourth-order valence-corrected chi connectivity index (χ4v) is 2.28. The minimum Gasteiger partial charge on any atom is -0.271 e. The maximum absolute atomic E-state index is 5.74. The second-order valence-electron chi connectivity index (χ2n) is 4.73. The first kappa shape index (κ1) is 13.8. The zero-order valence-corrected chi connectivity index (χ0v) is 11.9. The second-order valence-corrected chi connectivity index (χ2v) is 4.73. The normalized spacial score (nSPS) is 12.6. The summed E-state index contributed by atoms with van der Waals surface area (Å²) in [5.41, 5.74) is 7.55. The van der Waals surface area contributed by atoms with Gasteiger partial charge in [-0.25, -0.2) is 5.43 Å². The van der Waals surface area contributed by atoms with Crippen molar-refractivity contribution in [2.75, 3.05) is 0 Å². The van der Waals surface area contributed by atoms with Crippen LogP contribution in [0, 0.1) is 0 Å². The Morgan fingerprint density at radius 3 is 2.37 bits per heavy atom. The van der Waals surface area contributed by atoms with E-state index in [1.165, 1.54) is 5.56 Å². The third-order valence-corrected chi connectivity index (χ3v) is 3.51. The van der Waals surface area contributed by atoms with Crippen molar-refractivity contribution in [2.45, 2.75) is 32.7 Å². The summed E-state index contributed by atoms with van der Waals surface area (Å²) in [6, 6.07) is 10.6. The molecule has 2 aromatic rings. The van der Waals surface area contributed by atoms with Gasteiger partial charge in [0.15, 0.2) is 0 Å². The van der Waals surface area contributed by atoms with Gasteiger partial charge in [0, 0.05) is 7.05 Å². The van der Waals surface area contributed by atoms with E-state index >= 15 is 0 Å². The molecule has 19 heavy (non-hydrogen) atoms. The lowest BCUT2D eigenvalue weighted by Crippen LogP contribution is -2.30. The van der Waals surface area contributed by atoms with Crippen molar-refractivity contribution >= 4 is 0 Å². The summed E-state index contributed by atoms with van der Waals surface area (Å²) in [7, 11) is 1.96. The Labute approximate surface area is 114 Å². The van der Waals surface area contributed by atoms with Gasteiger partial charge in [0.05, 0.1) is 17.4 Å². The van der Waals surface area contributed by atoms with Crippen molar-refractivity contribution in [3.8, 4) is 0 Å². The van der Waals surface area contributed by atoms with E-state index in [2.05, 4.69) is 54.7 Å². The Balaban J connectivity index is 2.34. The SMILES string of the molecule is CCc1ccc(C(NN)c2cc(CC)nn2C)cc1. The number of hydrogen-bond donors (Lipinski definition) is 2. The van der Waals surface area contributed by atoms with E-state index in [9.17, 15) is 0 Å². The molecule has 4 nitrogen and oxygen atoms in total. The molecule has 4 heteroatoms. The molecular formula is C15H22N4. The van der Waals surface area contributed by atoms with Gasteiger partial charge in [-0.3, -0.25) is 10.5 Å². The van der Waals surface area contributed by atoms with Crippen LogP contribution in [-0.2, 0) is 19.9 Å². The molecule has 2 rings (SSSR count). The van der Waals surface area contributed by atoms with Gasteiger partial charge in [0.25, 0.3) is 0 Å². The summed E-state index contributed by atoms with van der Waals surface area (Å²) < 4.78 is 1.90. The van der Waals surface area contributed by atoms with Gasteiger partial charge >= 0.3 is 0 Å². The fraction of sp³-hybridized carbons (Fsp3) is 0.400. The lowest BCUT2D eigenvalue weighted by Gasteiger charge is -2.17. The number of hydrogen-bond acceptors (Lipinski definition) is 3. The molecule has 0 aliphatic carbocycles. The summed E-state index contributed by atoms with van der Waals surface area (Å²) in [6.07, 6.45) is 1.98. The van der Waals surface area contributed by atoms with Crippen LogP contribution in [0.4, 0.5) is 0 Å². The number of rotatable bonds is 5. The number of nitrogens with zero attached hydrogens (tertiary/aromatic N) is 2. The molecule has 0 fully saturated rings. The molecule has 0 saturated carbocycles. The number of nitrogens with one attached hydrogen (secondary N) is 1. The molecule has 3 N–H and O–H groups in total. The molecule has 0 radical (unpaired) electrons. The van der Waals surface area contributed by atoms with Crippen molar-refractivity contribution in [2.24, 2.45) is 12.9 Å². The molecule has 1 unspecified atom stereocenters. The maximum Gasteiger partial charge on any atom is 0.0878 e. The summed E-state index contributed by atoms with van der Waals surface area (Å²) >= 11 is 0. The van der Waals surface area contributed by atoms with Gasteiger partial charge in [-0.05, 0) is 30.0 Å². The number of hydrazine groups is 1. The Kier molecular flexibility index (Phi) is 4.35. The lowest BCUT2D eigenvalue weighted by molar-refractivity contribution is 0.573. The minimum atomic E-state index is -0.0243. The Morgan fingerprint density at radius 1 is 1.21 bits per heavy atom. The van der Waals surface area contributed by atoms with Gasteiger partial charge in [0.2, 0.25) is 0 Å². The van der Waals surface area contributed by atoms with E-state index in [0.717, 1.165) is 29.8 Å². The molecule has 0 aliphatic heterocycles. The van der Waals surface area contributed by atoms with Crippen LogP contribution in [0.25, 0.3) is 0 Å². The topological polar surface area (TPSA) is 55.9 Å². The zero-order valence-electron chi connectivity index (χ0n) is 11.9. The molecular weight excluding hydrogens is 236 g/mol. The fourth-order valence-electron chi connectivity index (χ4n) is 2.28. The van der Waals surface area contributed by atoms with Gasteiger partial charge in [-0.2, -0.15) is 5.10 Å². The van der Waals surface area contributed by atoms with Crippen molar-refractivity contribution in [1.29, 1.82) is 0 Å². The standard InChI is InChI=1S/C15H22N4/c1-4-11-6-8-12(9-7-11)15(17-16)14-10-13(5-2)18-19(14)3/h6-10,15,17H,4-5,16H2,1-3H3. The second kappa shape index (κ2) is 5.99. The first-order valence-corrected chi connectivity index (χ1v) is 6.77. The van der Waals surface area contributed by atoms with E-state index in [1.807, 2.05) is 11.7 Å². The van der Waals surface area contributed by atoms with E-state index in [0.29, 0.717) is 0 Å². The van der Waals surface area contributed by atoms with Gasteiger partial charge < -0.3 is 0 Å². The van der Waals surface area contributed by atoms with Crippen LogP contribution in [-0.4, -0.2) is 9.78 Å². The Hall–Kier alpha value is -1.65. The molecule has 1 aromatic heterocycles. The number of aryl methyl sites for hydroxylation is 3. The van der Waals surface area contributed by atoms with Crippen molar-refractivity contribution in [1.82, 2.24) is 15.2 Å². The number of nitrogens with two attached hydrogens (primary N) is 1. The quantitative estimate of drug-likeness (QED) is 0.638. The molecule has 1 heterocycles. The average Bonchev–Trinajstić information content (AvgIpc) is 2.82. The highest BCUT2D eigenvalue weighted by Gasteiger charge is 2.17. The first-order valence-electron chi connectivity index (χ1n) is 6.77. The highest BCUT2D eigenvalue weighted by atomic mass is 15.3. The van der Waals surface area contributed by atoms with Gasteiger partial charge in [-0.1, -0.05) is 38.1 Å². The number of aromatic nitrogens is 2. The molecule has 1 aromatic carbocycles. The van der Waals surface area contributed by atoms with Gasteiger partial charge in [0.1, 0.15) is 0 Å². The van der Waals surface area contributed by atoms with Crippen molar-refractivity contribution in [3.05, 3.63) is 52.8 Å². The highest BCUT2D eigenvalue weighted by molar-refractivity contribution is 5.31. The van der Waals surface area contributed by atoms with Crippen LogP contribution in [0.5, 0.6) is 0 Å². The monoisotopic (exact) mass is 258 g/mol. The average molecular weight is 258 g/mol. The van der Waals surface area contributed by atoms with E-state index in [1.54, 1.807) is 0 Å². The van der Waals surface area contributed by atoms with Crippen molar-refractivity contribution in [3.63, 3.8) is 0 Å². The smallest absolute Gasteiger partial charge is 0.0878 e.